The summed E-state index contributed by atoms with van der Waals surface area (Å²) in [5, 5.41) is 13.1. The van der Waals surface area contributed by atoms with Crippen LogP contribution in [-0.4, -0.2) is 39.6 Å². The summed E-state index contributed by atoms with van der Waals surface area (Å²) in [7, 11) is 2.05. The molecule has 0 fully saturated rings. The van der Waals surface area contributed by atoms with E-state index in [-0.39, 0.29) is 11.9 Å². The maximum absolute atomic E-state index is 12.4. The van der Waals surface area contributed by atoms with Gasteiger partial charge in [-0.1, -0.05) is 0 Å². The summed E-state index contributed by atoms with van der Waals surface area (Å²) in [6.07, 6.45) is 0.910. The lowest BCUT2D eigenvalue weighted by Gasteiger charge is -2.22. The lowest BCUT2D eigenvalue weighted by atomic mass is 10.1. The molecule has 0 aliphatic carbocycles. The van der Waals surface area contributed by atoms with Gasteiger partial charge in [0, 0.05) is 41.8 Å². The van der Waals surface area contributed by atoms with E-state index in [0.717, 1.165) is 41.5 Å². The summed E-state index contributed by atoms with van der Waals surface area (Å²) in [4.78, 5) is 19.0. The Hall–Kier alpha value is -1.73. The number of amides is 1. The number of likely N-dealkylation sites (N-methyl/N-ethyl adjacent to an activating group) is 1. The van der Waals surface area contributed by atoms with Crippen molar-refractivity contribution >= 4 is 17.2 Å². The summed E-state index contributed by atoms with van der Waals surface area (Å²) < 4.78 is 0. The lowest BCUT2D eigenvalue weighted by Crippen LogP contribution is -2.31. The van der Waals surface area contributed by atoms with E-state index in [9.17, 15) is 4.79 Å². The van der Waals surface area contributed by atoms with Crippen molar-refractivity contribution in [2.45, 2.75) is 32.9 Å². The number of carbonyl (C=O) groups is 1. The molecule has 7 heteroatoms. The van der Waals surface area contributed by atoms with Crippen molar-refractivity contribution in [1.29, 1.82) is 0 Å². The topological polar surface area (TPSA) is 73.9 Å². The van der Waals surface area contributed by atoms with Gasteiger partial charge in [0.25, 0.3) is 5.91 Å². The van der Waals surface area contributed by atoms with Gasteiger partial charge in [-0.05, 0) is 20.9 Å². The van der Waals surface area contributed by atoms with Crippen LogP contribution < -0.4 is 5.32 Å². The Balaban J connectivity index is 1.75. The third-order valence-electron chi connectivity index (χ3n) is 3.69. The summed E-state index contributed by atoms with van der Waals surface area (Å²) in [5.41, 5.74) is 3.59. The Morgan fingerprint density at radius 3 is 3.10 bits per heavy atom. The average Bonchev–Trinajstić information content (AvgIpc) is 3.04. The second-order valence-electron chi connectivity index (χ2n) is 5.54. The number of carbonyl (C=O) groups excluding carboxylic acids is 1. The first-order chi connectivity index (χ1) is 10.0. The molecular formula is C14H19N5OS. The molecule has 2 aromatic heterocycles. The Kier molecular flexibility index (Phi) is 3.77. The van der Waals surface area contributed by atoms with Crippen molar-refractivity contribution in [3.05, 3.63) is 33.0 Å². The highest BCUT2D eigenvalue weighted by atomic mass is 32.1. The fraction of sp³-hybridized carbons (Fsp3) is 0.500. The van der Waals surface area contributed by atoms with Crippen LogP contribution in [0.3, 0.4) is 0 Å². The minimum atomic E-state index is -0.136. The Morgan fingerprint density at radius 2 is 2.38 bits per heavy atom. The zero-order valence-corrected chi connectivity index (χ0v) is 13.3. The molecule has 0 spiro atoms. The first kappa shape index (κ1) is 14.2. The molecule has 0 unspecified atom stereocenters. The van der Waals surface area contributed by atoms with Gasteiger partial charge in [0.1, 0.15) is 5.01 Å². The molecule has 2 aromatic rings. The maximum Gasteiger partial charge on any atom is 0.272 e. The molecule has 112 valence electrons. The van der Waals surface area contributed by atoms with Gasteiger partial charge in [0.2, 0.25) is 0 Å². The minimum absolute atomic E-state index is 0.107. The van der Waals surface area contributed by atoms with E-state index in [1.807, 2.05) is 19.2 Å². The van der Waals surface area contributed by atoms with Crippen LogP contribution in [0, 0.1) is 6.92 Å². The second kappa shape index (κ2) is 5.57. The highest BCUT2D eigenvalue weighted by Gasteiger charge is 2.25. The maximum atomic E-state index is 12.4. The van der Waals surface area contributed by atoms with Crippen molar-refractivity contribution in [3.8, 4) is 0 Å². The molecule has 6 nitrogen and oxygen atoms in total. The number of rotatable bonds is 3. The molecule has 0 radical (unpaired) electrons. The van der Waals surface area contributed by atoms with E-state index in [4.69, 9.17) is 0 Å². The summed E-state index contributed by atoms with van der Waals surface area (Å²) >= 11 is 1.56. The van der Waals surface area contributed by atoms with Crippen LogP contribution in [0.25, 0.3) is 0 Å². The molecule has 2 N–H and O–H groups in total. The van der Waals surface area contributed by atoms with Crippen LogP contribution in [0.4, 0.5) is 0 Å². The van der Waals surface area contributed by atoms with E-state index in [1.165, 1.54) is 0 Å². The summed E-state index contributed by atoms with van der Waals surface area (Å²) in [6, 6.07) is -0.107. The highest BCUT2D eigenvalue weighted by molar-refractivity contribution is 7.09. The van der Waals surface area contributed by atoms with Gasteiger partial charge in [-0.15, -0.1) is 11.3 Å². The molecule has 0 saturated heterocycles. The molecule has 0 aromatic carbocycles. The molecule has 0 bridgehead atoms. The third kappa shape index (κ3) is 2.84. The summed E-state index contributed by atoms with van der Waals surface area (Å²) in [5.74, 6) is -0.136. The number of nitrogens with one attached hydrogen (secondary N) is 2. The molecule has 3 heterocycles. The first-order valence-corrected chi connectivity index (χ1v) is 7.90. The molecule has 1 aliphatic rings. The van der Waals surface area contributed by atoms with Gasteiger partial charge in [-0.3, -0.25) is 9.89 Å². The van der Waals surface area contributed by atoms with E-state index < -0.39 is 0 Å². The zero-order valence-electron chi connectivity index (χ0n) is 12.4. The second-order valence-corrected chi connectivity index (χ2v) is 6.43. The van der Waals surface area contributed by atoms with Crippen molar-refractivity contribution < 1.29 is 4.79 Å². The fourth-order valence-electron chi connectivity index (χ4n) is 2.52. The van der Waals surface area contributed by atoms with Crippen molar-refractivity contribution in [1.82, 2.24) is 25.4 Å². The van der Waals surface area contributed by atoms with Gasteiger partial charge in [-0.2, -0.15) is 5.10 Å². The SMILES string of the molecule is Cc1csc([C@@H](C)NC(=O)c2n[nH]c3c2CN(C)CC3)n1. The largest absolute Gasteiger partial charge is 0.342 e. The molecular weight excluding hydrogens is 286 g/mol. The van der Waals surface area contributed by atoms with Crippen LogP contribution in [0.2, 0.25) is 0 Å². The number of aryl methyl sites for hydroxylation is 1. The van der Waals surface area contributed by atoms with E-state index in [2.05, 4.69) is 32.4 Å². The van der Waals surface area contributed by atoms with E-state index >= 15 is 0 Å². The van der Waals surface area contributed by atoms with Crippen LogP contribution in [0.15, 0.2) is 5.38 Å². The van der Waals surface area contributed by atoms with Gasteiger partial charge in [0.15, 0.2) is 5.69 Å². The van der Waals surface area contributed by atoms with Gasteiger partial charge in [0.05, 0.1) is 6.04 Å². The predicted molar refractivity (Wildman–Crippen MR) is 81.4 cm³/mol. The number of thiazole rings is 1. The van der Waals surface area contributed by atoms with Crippen molar-refractivity contribution in [2.75, 3.05) is 13.6 Å². The number of aromatic nitrogens is 3. The standard InChI is InChI=1S/C14H19N5OS/c1-8-7-21-14(15-8)9(2)16-13(20)12-10-6-19(3)5-4-11(10)17-18-12/h7,9H,4-6H2,1-3H3,(H,16,20)(H,17,18)/t9-/m1/s1. The molecule has 1 atom stereocenters. The lowest BCUT2D eigenvalue weighted by molar-refractivity contribution is 0.0932. The highest BCUT2D eigenvalue weighted by Crippen LogP contribution is 2.21. The van der Waals surface area contributed by atoms with Gasteiger partial charge in [-0.25, -0.2) is 4.98 Å². The number of hydrogen-bond donors (Lipinski definition) is 2. The van der Waals surface area contributed by atoms with Crippen LogP contribution in [0.5, 0.6) is 0 Å². The summed E-state index contributed by atoms with van der Waals surface area (Å²) in [6.45, 7) is 5.65. The van der Waals surface area contributed by atoms with Gasteiger partial charge >= 0.3 is 0 Å². The van der Waals surface area contributed by atoms with Crippen molar-refractivity contribution in [3.63, 3.8) is 0 Å². The molecule has 21 heavy (non-hydrogen) atoms. The van der Waals surface area contributed by atoms with Gasteiger partial charge < -0.3 is 10.2 Å². The molecule has 0 saturated carbocycles. The Labute approximate surface area is 127 Å². The molecule has 1 aliphatic heterocycles. The fourth-order valence-corrected chi connectivity index (χ4v) is 3.32. The van der Waals surface area contributed by atoms with E-state index in [0.29, 0.717) is 5.69 Å². The quantitative estimate of drug-likeness (QED) is 0.904. The minimum Gasteiger partial charge on any atom is -0.342 e. The Bertz CT molecular complexity index is 662. The predicted octanol–water partition coefficient (Wildman–Crippen LogP) is 1.65. The van der Waals surface area contributed by atoms with Crippen LogP contribution in [0.1, 0.15) is 45.4 Å². The smallest absolute Gasteiger partial charge is 0.272 e. The zero-order chi connectivity index (χ0) is 15.0. The van der Waals surface area contributed by atoms with E-state index in [1.54, 1.807) is 11.3 Å². The van der Waals surface area contributed by atoms with Crippen LogP contribution >= 0.6 is 11.3 Å². The average molecular weight is 305 g/mol. The number of H-pyrrole nitrogens is 1. The number of fused-ring (bicyclic) bond motifs is 1. The Morgan fingerprint density at radius 1 is 1.57 bits per heavy atom. The third-order valence-corrected chi connectivity index (χ3v) is 4.84. The number of hydrogen-bond acceptors (Lipinski definition) is 5. The number of nitrogens with zero attached hydrogens (tertiary/aromatic N) is 3. The number of aromatic amines is 1. The molecule has 3 rings (SSSR count). The monoisotopic (exact) mass is 305 g/mol. The van der Waals surface area contributed by atoms with Crippen LogP contribution in [-0.2, 0) is 13.0 Å². The normalized spacial score (nSPS) is 16.5. The first-order valence-electron chi connectivity index (χ1n) is 7.02. The van der Waals surface area contributed by atoms with Crippen molar-refractivity contribution in [2.24, 2.45) is 0 Å². The molecule has 1 amide bonds.